The van der Waals surface area contributed by atoms with Gasteiger partial charge in [-0.15, -0.1) is 0 Å². The van der Waals surface area contributed by atoms with E-state index in [1.807, 2.05) is 0 Å². The van der Waals surface area contributed by atoms with Crippen molar-refractivity contribution in [2.75, 3.05) is 6.54 Å². The summed E-state index contributed by atoms with van der Waals surface area (Å²) in [5.41, 5.74) is 5.37. The molecule has 0 saturated heterocycles. The Kier molecular flexibility index (Phi) is 3.77. The number of hydrogen-bond donors (Lipinski definition) is 3. The van der Waals surface area contributed by atoms with Gasteiger partial charge in [-0.05, 0) is 31.6 Å². The minimum atomic E-state index is -3.39. The lowest BCUT2D eigenvalue weighted by molar-refractivity contribution is 0.222. The quantitative estimate of drug-likeness (QED) is 0.673. The fourth-order valence-corrected chi connectivity index (χ4v) is 4.29. The zero-order chi connectivity index (χ0) is 12.5. The van der Waals surface area contributed by atoms with Crippen LogP contribution in [0.5, 0.6) is 0 Å². The van der Waals surface area contributed by atoms with E-state index in [1.54, 1.807) is 0 Å². The van der Waals surface area contributed by atoms with E-state index < -0.39 is 15.7 Å². The van der Waals surface area contributed by atoms with Crippen LogP contribution in [0.25, 0.3) is 0 Å². The second-order valence-corrected chi connectivity index (χ2v) is 7.13. The topological polar surface area (TPSA) is 84.2 Å². The molecule has 17 heavy (non-hydrogen) atoms. The highest BCUT2D eigenvalue weighted by Gasteiger charge is 2.38. The molecule has 2 saturated carbocycles. The second kappa shape index (κ2) is 4.84. The van der Waals surface area contributed by atoms with E-state index in [2.05, 4.69) is 16.4 Å². The van der Waals surface area contributed by atoms with E-state index in [1.165, 1.54) is 6.42 Å². The van der Waals surface area contributed by atoms with Gasteiger partial charge in [0, 0.05) is 18.1 Å². The number of rotatable bonds is 5. The van der Waals surface area contributed by atoms with Gasteiger partial charge in [0.2, 0.25) is 0 Å². The first-order valence-electron chi connectivity index (χ1n) is 6.46. The van der Waals surface area contributed by atoms with Crippen molar-refractivity contribution in [1.82, 2.24) is 9.44 Å². The molecule has 2 rings (SSSR count). The van der Waals surface area contributed by atoms with Crippen molar-refractivity contribution in [2.45, 2.75) is 57.0 Å². The fraction of sp³-hybridized carbons (Fsp3) is 1.00. The van der Waals surface area contributed by atoms with Crippen molar-refractivity contribution >= 4 is 10.2 Å². The molecule has 2 unspecified atom stereocenters. The maximum atomic E-state index is 11.9. The molecule has 0 aromatic rings. The summed E-state index contributed by atoms with van der Waals surface area (Å²) in [5, 5.41) is 0. The lowest BCUT2D eigenvalue weighted by atomic mass is 9.77. The molecule has 6 heteroatoms. The Hall–Kier alpha value is -0.170. The Morgan fingerprint density at radius 2 is 2.06 bits per heavy atom. The summed E-state index contributed by atoms with van der Waals surface area (Å²) in [7, 11) is -3.39. The van der Waals surface area contributed by atoms with Crippen molar-refractivity contribution < 1.29 is 8.42 Å². The molecule has 0 bridgehead atoms. The average Bonchev–Trinajstić information content (AvgIpc) is 3.00. The maximum Gasteiger partial charge on any atom is 0.277 e. The third kappa shape index (κ3) is 3.64. The van der Waals surface area contributed by atoms with Crippen LogP contribution in [0.4, 0.5) is 0 Å². The molecule has 0 aromatic carbocycles. The van der Waals surface area contributed by atoms with Gasteiger partial charge in [0.05, 0.1) is 0 Å². The molecule has 0 amide bonds. The molecule has 2 aliphatic rings. The molecule has 2 aliphatic carbocycles. The first-order valence-corrected chi connectivity index (χ1v) is 7.94. The van der Waals surface area contributed by atoms with Gasteiger partial charge in [-0.1, -0.05) is 19.8 Å². The predicted octanol–water partition coefficient (Wildman–Crippen LogP) is 0.480. The van der Waals surface area contributed by atoms with E-state index in [9.17, 15) is 8.42 Å². The van der Waals surface area contributed by atoms with Gasteiger partial charge in [0.25, 0.3) is 10.2 Å². The molecular weight excluding hydrogens is 238 g/mol. The molecular formula is C11H23N3O2S. The van der Waals surface area contributed by atoms with Crippen LogP contribution in [0.2, 0.25) is 0 Å². The number of hydrogen-bond acceptors (Lipinski definition) is 3. The second-order valence-electron chi connectivity index (χ2n) is 5.68. The largest absolute Gasteiger partial charge is 0.329 e. The summed E-state index contributed by atoms with van der Waals surface area (Å²) >= 11 is 0. The van der Waals surface area contributed by atoms with Gasteiger partial charge in [-0.25, -0.2) is 0 Å². The molecule has 0 aliphatic heterocycles. The van der Waals surface area contributed by atoms with Gasteiger partial charge >= 0.3 is 0 Å². The summed E-state index contributed by atoms with van der Waals surface area (Å²) in [6.07, 6.45) is 5.80. The van der Waals surface area contributed by atoms with Gasteiger partial charge in [-0.2, -0.15) is 17.9 Å². The predicted molar refractivity (Wildman–Crippen MR) is 67.6 cm³/mol. The molecule has 5 nitrogen and oxygen atoms in total. The van der Waals surface area contributed by atoms with Crippen LogP contribution in [0, 0.1) is 5.92 Å². The minimum Gasteiger partial charge on any atom is -0.329 e. The molecule has 2 fully saturated rings. The van der Waals surface area contributed by atoms with Gasteiger partial charge in [-0.3, -0.25) is 0 Å². The SMILES string of the molecule is CC1CCCC(CN)(NS(=O)(=O)NC2CC2)C1. The van der Waals surface area contributed by atoms with Crippen LogP contribution in [0.3, 0.4) is 0 Å². The van der Waals surface area contributed by atoms with E-state index in [4.69, 9.17) is 5.73 Å². The van der Waals surface area contributed by atoms with Crippen molar-refractivity contribution in [3.63, 3.8) is 0 Å². The van der Waals surface area contributed by atoms with Gasteiger partial charge in [0.15, 0.2) is 0 Å². The zero-order valence-corrected chi connectivity index (χ0v) is 11.2. The van der Waals surface area contributed by atoms with Crippen LogP contribution in [-0.4, -0.2) is 26.5 Å². The summed E-state index contributed by atoms with van der Waals surface area (Å²) < 4.78 is 29.3. The lowest BCUT2D eigenvalue weighted by Crippen LogP contribution is -2.58. The Morgan fingerprint density at radius 3 is 2.59 bits per heavy atom. The van der Waals surface area contributed by atoms with E-state index in [-0.39, 0.29) is 6.04 Å². The third-order valence-corrected chi connectivity index (χ3v) is 5.08. The smallest absolute Gasteiger partial charge is 0.277 e. The first-order chi connectivity index (χ1) is 7.95. The summed E-state index contributed by atoms with van der Waals surface area (Å²) in [4.78, 5) is 0. The normalized spacial score (nSPS) is 34.8. The van der Waals surface area contributed by atoms with E-state index >= 15 is 0 Å². The van der Waals surface area contributed by atoms with Crippen molar-refractivity contribution in [2.24, 2.45) is 11.7 Å². The lowest BCUT2D eigenvalue weighted by Gasteiger charge is -2.39. The standard InChI is InChI=1S/C11H23N3O2S/c1-9-3-2-6-11(7-9,8-12)14-17(15,16)13-10-4-5-10/h9-10,13-14H,2-8,12H2,1H3. The highest BCUT2D eigenvalue weighted by atomic mass is 32.2. The van der Waals surface area contributed by atoms with Crippen LogP contribution in [0.1, 0.15) is 45.4 Å². The third-order valence-electron chi connectivity index (χ3n) is 3.73. The molecule has 0 radical (unpaired) electrons. The first kappa shape index (κ1) is 13.3. The van der Waals surface area contributed by atoms with Crippen molar-refractivity contribution in [3.8, 4) is 0 Å². The molecule has 100 valence electrons. The Morgan fingerprint density at radius 1 is 1.35 bits per heavy atom. The monoisotopic (exact) mass is 261 g/mol. The summed E-state index contributed by atoms with van der Waals surface area (Å²) in [6.45, 7) is 2.54. The average molecular weight is 261 g/mol. The van der Waals surface area contributed by atoms with Crippen LogP contribution in [0.15, 0.2) is 0 Å². The highest BCUT2D eigenvalue weighted by molar-refractivity contribution is 7.87. The molecule has 0 aromatic heterocycles. The van der Waals surface area contributed by atoms with Crippen LogP contribution >= 0.6 is 0 Å². The van der Waals surface area contributed by atoms with E-state index in [0.717, 1.165) is 32.1 Å². The van der Waals surface area contributed by atoms with Crippen molar-refractivity contribution in [3.05, 3.63) is 0 Å². The number of nitrogens with two attached hydrogens (primary N) is 1. The van der Waals surface area contributed by atoms with Gasteiger partial charge < -0.3 is 5.73 Å². The van der Waals surface area contributed by atoms with Gasteiger partial charge in [0.1, 0.15) is 0 Å². The highest BCUT2D eigenvalue weighted by Crippen LogP contribution is 2.32. The Balaban J connectivity index is 2.02. The maximum absolute atomic E-state index is 11.9. The Bertz CT molecular complexity index is 367. The molecule has 4 N–H and O–H groups in total. The zero-order valence-electron chi connectivity index (χ0n) is 10.4. The van der Waals surface area contributed by atoms with Crippen LogP contribution in [-0.2, 0) is 10.2 Å². The van der Waals surface area contributed by atoms with Crippen molar-refractivity contribution in [1.29, 1.82) is 0 Å². The Labute approximate surface area is 104 Å². The molecule has 0 heterocycles. The molecule has 0 spiro atoms. The molecule has 2 atom stereocenters. The van der Waals surface area contributed by atoms with Crippen LogP contribution < -0.4 is 15.2 Å². The number of nitrogens with one attached hydrogen (secondary N) is 2. The fourth-order valence-electron chi connectivity index (χ4n) is 2.71. The van der Waals surface area contributed by atoms with E-state index in [0.29, 0.717) is 12.5 Å². The summed E-state index contributed by atoms with van der Waals surface area (Å²) in [6, 6.07) is 0.142. The summed E-state index contributed by atoms with van der Waals surface area (Å²) in [5.74, 6) is 0.538. The minimum absolute atomic E-state index is 0.142.